The normalized spacial score (nSPS) is 9.80. The molecule has 1 aromatic rings. The topological polar surface area (TPSA) is 27.7 Å². The molecule has 116 valence electrons. The molecule has 20 heavy (non-hydrogen) atoms. The molecule has 0 aromatic heterocycles. The second-order valence-electron chi connectivity index (χ2n) is 4.24. The van der Waals surface area contributed by atoms with Gasteiger partial charge >= 0.3 is 0 Å². The molecule has 0 unspecified atom stereocenters. The average molecular weight is 282 g/mol. The number of hydrogen-bond donors (Lipinski definition) is 0. The standard InChI is InChI=1S/C15H24O3.C2H6/c1-3-9-16-12-13-17-10-4-11-18-15-7-5-14(2)6-8-15;1-2/h5-8H,3-4,9-13H2,1-2H3;1-2H3. The van der Waals surface area contributed by atoms with Gasteiger partial charge in [-0.2, -0.15) is 0 Å². The maximum Gasteiger partial charge on any atom is 0.119 e. The summed E-state index contributed by atoms with van der Waals surface area (Å²) < 4.78 is 16.3. The van der Waals surface area contributed by atoms with E-state index in [0.29, 0.717) is 19.8 Å². The number of rotatable bonds is 10. The highest BCUT2D eigenvalue weighted by molar-refractivity contribution is 5.26. The first-order valence-corrected chi connectivity index (χ1v) is 7.68. The van der Waals surface area contributed by atoms with Gasteiger partial charge in [0.25, 0.3) is 0 Å². The zero-order valence-corrected chi connectivity index (χ0v) is 13.5. The smallest absolute Gasteiger partial charge is 0.119 e. The van der Waals surface area contributed by atoms with Crippen molar-refractivity contribution in [3.8, 4) is 5.75 Å². The van der Waals surface area contributed by atoms with Crippen LogP contribution in [0.25, 0.3) is 0 Å². The fourth-order valence-corrected chi connectivity index (χ4v) is 1.45. The van der Waals surface area contributed by atoms with Gasteiger partial charge in [0.15, 0.2) is 0 Å². The highest BCUT2D eigenvalue weighted by Crippen LogP contribution is 2.11. The molecular weight excluding hydrogens is 252 g/mol. The highest BCUT2D eigenvalue weighted by atomic mass is 16.5. The fourth-order valence-electron chi connectivity index (χ4n) is 1.45. The molecule has 1 aromatic carbocycles. The van der Waals surface area contributed by atoms with Gasteiger partial charge in [0.1, 0.15) is 5.75 Å². The third-order valence-corrected chi connectivity index (χ3v) is 2.44. The van der Waals surface area contributed by atoms with Crippen LogP contribution in [-0.2, 0) is 9.47 Å². The number of ether oxygens (including phenoxy) is 3. The number of hydrogen-bond acceptors (Lipinski definition) is 3. The molecule has 0 aliphatic rings. The molecule has 0 radical (unpaired) electrons. The van der Waals surface area contributed by atoms with Crippen LogP contribution in [0.5, 0.6) is 5.75 Å². The summed E-state index contributed by atoms with van der Waals surface area (Å²) in [4.78, 5) is 0. The predicted octanol–water partition coefficient (Wildman–Crippen LogP) is 4.23. The molecule has 0 saturated carbocycles. The van der Waals surface area contributed by atoms with Gasteiger partial charge < -0.3 is 14.2 Å². The van der Waals surface area contributed by atoms with Crippen molar-refractivity contribution in [3.63, 3.8) is 0 Å². The Labute approximate surface area is 124 Å². The lowest BCUT2D eigenvalue weighted by atomic mass is 10.2. The lowest BCUT2D eigenvalue weighted by molar-refractivity contribution is 0.0438. The summed E-state index contributed by atoms with van der Waals surface area (Å²) >= 11 is 0. The van der Waals surface area contributed by atoms with E-state index in [-0.39, 0.29) is 0 Å². The SMILES string of the molecule is CC.CCCOCCOCCCOc1ccc(C)cc1. The molecule has 1 rings (SSSR count). The second-order valence-corrected chi connectivity index (χ2v) is 4.24. The molecule has 0 aliphatic heterocycles. The van der Waals surface area contributed by atoms with Crippen LogP contribution >= 0.6 is 0 Å². The summed E-state index contributed by atoms with van der Waals surface area (Å²) in [6, 6.07) is 8.09. The van der Waals surface area contributed by atoms with Crippen LogP contribution in [0.4, 0.5) is 0 Å². The van der Waals surface area contributed by atoms with E-state index in [1.165, 1.54) is 5.56 Å². The van der Waals surface area contributed by atoms with Crippen LogP contribution in [0.1, 0.15) is 39.2 Å². The van der Waals surface area contributed by atoms with Gasteiger partial charge in [-0.1, -0.05) is 38.5 Å². The van der Waals surface area contributed by atoms with E-state index >= 15 is 0 Å². The van der Waals surface area contributed by atoms with Crippen LogP contribution < -0.4 is 4.74 Å². The third-order valence-electron chi connectivity index (χ3n) is 2.44. The Hall–Kier alpha value is -1.06. The Morgan fingerprint density at radius 2 is 1.40 bits per heavy atom. The molecule has 0 spiro atoms. The molecule has 0 heterocycles. The van der Waals surface area contributed by atoms with Crippen molar-refractivity contribution >= 4 is 0 Å². The Kier molecular flexibility index (Phi) is 13.6. The first kappa shape index (κ1) is 18.9. The molecule has 0 amide bonds. The highest BCUT2D eigenvalue weighted by Gasteiger charge is 1.94. The molecular formula is C17H30O3. The zero-order chi connectivity index (χ0) is 15.1. The fraction of sp³-hybridized carbons (Fsp3) is 0.647. The van der Waals surface area contributed by atoms with E-state index in [9.17, 15) is 0 Å². The maximum atomic E-state index is 5.59. The van der Waals surface area contributed by atoms with Crippen molar-refractivity contribution in [2.24, 2.45) is 0 Å². The summed E-state index contributed by atoms with van der Waals surface area (Å²) in [5.74, 6) is 0.923. The first-order chi connectivity index (χ1) is 9.83. The van der Waals surface area contributed by atoms with E-state index in [4.69, 9.17) is 14.2 Å². The van der Waals surface area contributed by atoms with Gasteiger partial charge in [-0.05, 0) is 25.5 Å². The minimum Gasteiger partial charge on any atom is -0.494 e. The van der Waals surface area contributed by atoms with Crippen LogP contribution in [-0.4, -0.2) is 33.0 Å². The molecule has 0 saturated heterocycles. The Bertz CT molecular complexity index is 296. The second kappa shape index (κ2) is 14.4. The van der Waals surface area contributed by atoms with Crippen molar-refractivity contribution in [2.75, 3.05) is 33.0 Å². The van der Waals surface area contributed by atoms with Crippen molar-refractivity contribution in [1.82, 2.24) is 0 Å². The number of aryl methyl sites for hydroxylation is 1. The molecule has 0 bridgehead atoms. The third kappa shape index (κ3) is 10.8. The average Bonchev–Trinajstić information content (AvgIpc) is 2.49. The van der Waals surface area contributed by atoms with Crippen LogP contribution in [0.15, 0.2) is 24.3 Å². The summed E-state index contributed by atoms with van der Waals surface area (Å²) in [7, 11) is 0. The van der Waals surface area contributed by atoms with E-state index < -0.39 is 0 Å². The van der Waals surface area contributed by atoms with Gasteiger partial charge in [0, 0.05) is 19.6 Å². The van der Waals surface area contributed by atoms with Crippen molar-refractivity contribution in [1.29, 1.82) is 0 Å². The van der Waals surface area contributed by atoms with Gasteiger partial charge in [-0.15, -0.1) is 0 Å². The molecule has 0 fully saturated rings. The molecule has 3 heteroatoms. The minimum absolute atomic E-state index is 0.671. The number of benzene rings is 1. The van der Waals surface area contributed by atoms with Gasteiger partial charge in [0.05, 0.1) is 19.8 Å². The van der Waals surface area contributed by atoms with E-state index in [1.807, 2.05) is 26.0 Å². The minimum atomic E-state index is 0.671. The van der Waals surface area contributed by atoms with E-state index in [1.54, 1.807) is 0 Å². The van der Waals surface area contributed by atoms with Crippen molar-refractivity contribution < 1.29 is 14.2 Å². The Balaban J connectivity index is 0.00000172. The van der Waals surface area contributed by atoms with Crippen LogP contribution in [0.3, 0.4) is 0 Å². The quantitative estimate of drug-likeness (QED) is 0.601. The van der Waals surface area contributed by atoms with Gasteiger partial charge in [-0.25, -0.2) is 0 Å². The molecule has 0 N–H and O–H groups in total. The maximum absolute atomic E-state index is 5.59. The van der Waals surface area contributed by atoms with Crippen molar-refractivity contribution in [3.05, 3.63) is 29.8 Å². The monoisotopic (exact) mass is 282 g/mol. The summed E-state index contributed by atoms with van der Waals surface area (Å²) in [6.45, 7) is 11.8. The van der Waals surface area contributed by atoms with E-state index in [2.05, 4.69) is 26.0 Å². The summed E-state index contributed by atoms with van der Waals surface area (Å²) in [6.07, 6.45) is 1.96. The molecule has 0 atom stereocenters. The molecule has 0 aliphatic carbocycles. The summed E-state index contributed by atoms with van der Waals surface area (Å²) in [5.41, 5.74) is 1.25. The largest absolute Gasteiger partial charge is 0.494 e. The summed E-state index contributed by atoms with van der Waals surface area (Å²) in [5, 5.41) is 0. The first-order valence-electron chi connectivity index (χ1n) is 7.68. The van der Waals surface area contributed by atoms with E-state index in [0.717, 1.165) is 31.8 Å². The lowest BCUT2D eigenvalue weighted by Crippen LogP contribution is -2.08. The van der Waals surface area contributed by atoms with Gasteiger partial charge in [-0.3, -0.25) is 0 Å². The zero-order valence-electron chi connectivity index (χ0n) is 13.5. The van der Waals surface area contributed by atoms with Crippen molar-refractivity contribution in [2.45, 2.75) is 40.5 Å². The Morgan fingerprint density at radius 1 is 0.800 bits per heavy atom. The van der Waals surface area contributed by atoms with Crippen LogP contribution in [0, 0.1) is 6.92 Å². The Morgan fingerprint density at radius 3 is 2.00 bits per heavy atom. The van der Waals surface area contributed by atoms with Crippen LogP contribution in [0.2, 0.25) is 0 Å². The predicted molar refractivity (Wildman–Crippen MR) is 84.6 cm³/mol. The molecule has 3 nitrogen and oxygen atoms in total. The lowest BCUT2D eigenvalue weighted by Gasteiger charge is -2.07. The van der Waals surface area contributed by atoms with Gasteiger partial charge in [0.2, 0.25) is 0 Å².